The van der Waals surface area contributed by atoms with Gasteiger partial charge in [0, 0.05) is 30.1 Å². The predicted octanol–water partition coefficient (Wildman–Crippen LogP) is 3.40. The number of aliphatic hydroxyl groups excluding tert-OH is 1. The Kier molecular flexibility index (Phi) is 5.21. The average molecular weight is 457 g/mol. The van der Waals surface area contributed by atoms with Crippen LogP contribution in [0.3, 0.4) is 0 Å². The standard InChI is InChI=1S/C25H19N3O6/c1-14(29)27-16-6-8-17(9-7-16)28-22(18-4-2-3-11-26-18)21(24(31)25(28)32)23(30)15-5-10-19-20(12-15)34-13-33-19/h2-12,22,30H,13H2,1H3,(H,27,29)/b23-21-. The van der Waals surface area contributed by atoms with Crippen LogP contribution in [0.1, 0.15) is 24.2 Å². The molecule has 3 heterocycles. The molecule has 1 saturated heterocycles. The predicted molar refractivity (Wildman–Crippen MR) is 122 cm³/mol. The zero-order valence-corrected chi connectivity index (χ0v) is 18.0. The number of ketones is 1. The van der Waals surface area contributed by atoms with Crippen molar-refractivity contribution in [2.24, 2.45) is 0 Å². The molecule has 1 atom stereocenters. The van der Waals surface area contributed by atoms with Crippen molar-refractivity contribution in [2.45, 2.75) is 13.0 Å². The summed E-state index contributed by atoms with van der Waals surface area (Å²) in [6, 6.07) is 15.5. The Bertz CT molecular complexity index is 1330. The number of pyridine rings is 1. The minimum atomic E-state index is -0.960. The average Bonchev–Trinajstić information content (AvgIpc) is 3.41. The molecule has 1 aromatic heterocycles. The maximum Gasteiger partial charge on any atom is 0.300 e. The highest BCUT2D eigenvalue weighted by Crippen LogP contribution is 2.43. The highest BCUT2D eigenvalue weighted by Gasteiger charge is 2.47. The first-order valence-electron chi connectivity index (χ1n) is 10.4. The van der Waals surface area contributed by atoms with Gasteiger partial charge >= 0.3 is 0 Å². The van der Waals surface area contributed by atoms with Crippen LogP contribution in [-0.2, 0) is 14.4 Å². The Hall–Kier alpha value is -4.66. The minimum Gasteiger partial charge on any atom is -0.507 e. The molecular weight excluding hydrogens is 438 g/mol. The Morgan fingerprint density at radius 2 is 1.82 bits per heavy atom. The van der Waals surface area contributed by atoms with E-state index in [0.717, 1.165) is 0 Å². The van der Waals surface area contributed by atoms with Gasteiger partial charge in [0.25, 0.3) is 11.7 Å². The van der Waals surface area contributed by atoms with E-state index in [1.807, 2.05) is 0 Å². The SMILES string of the molecule is CC(=O)Nc1ccc(N2C(=O)C(=O)/C(=C(\O)c3ccc4c(c3)OCO4)C2c2ccccn2)cc1. The molecule has 0 saturated carbocycles. The molecule has 2 N–H and O–H groups in total. The summed E-state index contributed by atoms with van der Waals surface area (Å²) in [6.45, 7) is 1.45. The van der Waals surface area contributed by atoms with Gasteiger partial charge in [0.05, 0.1) is 11.3 Å². The van der Waals surface area contributed by atoms with Crippen molar-refractivity contribution in [1.82, 2.24) is 4.98 Å². The number of aromatic nitrogens is 1. The molecule has 2 aliphatic heterocycles. The number of hydrogen-bond donors (Lipinski definition) is 2. The van der Waals surface area contributed by atoms with Crippen LogP contribution in [0, 0.1) is 0 Å². The van der Waals surface area contributed by atoms with Crippen LogP contribution >= 0.6 is 0 Å². The summed E-state index contributed by atoms with van der Waals surface area (Å²) >= 11 is 0. The maximum absolute atomic E-state index is 13.2. The minimum absolute atomic E-state index is 0.0619. The van der Waals surface area contributed by atoms with E-state index >= 15 is 0 Å². The van der Waals surface area contributed by atoms with Gasteiger partial charge in [-0.1, -0.05) is 6.07 Å². The van der Waals surface area contributed by atoms with Gasteiger partial charge in [0.2, 0.25) is 12.7 Å². The number of aliphatic hydroxyl groups is 1. The van der Waals surface area contributed by atoms with Crippen molar-refractivity contribution in [2.75, 3.05) is 17.0 Å². The van der Waals surface area contributed by atoms with E-state index in [4.69, 9.17) is 9.47 Å². The molecule has 0 radical (unpaired) electrons. The second kappa shape index (κ2) is 8.36. The fourth-order valence-corrected chi connectivity index (χ4v) is 4.02. The van der Waals surface area contributed by atoms with E-state index in [1.165, 1.54) is 11.8 Å². The van der Waals surface area contributed by atoms with Gasteiger partial charge in [-0.3, -0.25) is 24.3 Å². The van der Waals surface area contributed by atoms with Crippen molar-refractivity contribution < 1.29 is 29.0 Å². The lowest BCUT2D eigenvalue weighted by Gasteiger charge is -2.24. The molecule has 34 heavy (non-hydrogen) atoms. The Morgan fingerprint density at radius 3 is 2.53 bits per heavy atom. The van der Waals surface area contributed by atoms with Gasteiger partial charge < -0.3 is 19.9 Å². The first-order chi connectivity index (χ1) is 16.4. The van der Waals surface area contributed by atoms with Gasteiger partial charge in [0.15, 0.2) is 11.5 Å². The van der Waals surface area contributed by atoms with E-state index < -0.39 is 17.7 Å². The molecule has 2 amide bonds. The largest absolute Gasteiger partial charge is 0.507 e. The number of hydrogen-bond acceptors (Lipinski definition) is 7. The normalized spacial score (nSPS) is 18.3. The van der Waals surface area contributed by atoms with Crippen LogP contribution in [0.4, 0.5) is 11.4 Å². The summed E-state index contributed by atoms with van der Waals surface area (Å²) < 4.78 is 10.7. The molecule has 5 rings (SSSR count). The number of carbonyl (C=O) groups is 3. The van der Waals surface area contributed by atoms with Gasteiger partial charge in [0.1, 0.15) is 11.8 Å². The molecular formula is C25H19N3O6. The molecule has 9 nitrogen and oxygen atoms in total. The Morgan fingerprint density at radius 1 is 1.06 bits per heavy atom. The van der Waals surface area contributed by atoms with Gasteiger partial charge in [-0.05, 0) is 54.6 Å². The van der Waals surface area contributed by atoms with Gasteiger partial charge in [-0.15, -0.1) is 0 Å². The van der Waals surface area contributed by atoms with Crippen LogP contribution in [0.15, 0.2) is 72.4 Å². The Balaban J connectivity index is 1.63. The lowest BCUT2D eigenvalue weighted by Crippen LogP contribution is -2.29. The van der Waals surface area contributed by atoms with E-state index in [9.17, 15) is 19.5 Å². The van der Waals surface area contributed by atoms with E-state index in [1.54, 1.807) is 66.9 Å². The zero-order chi connectivity index (χ0) is 23.8. The van der Waals surface area contributed by atoms with Crippen molar-refractivity contribution in [3.8, 4) is 11.5 Å². The van der Waals surface area contributed by atoms with Crippen LogP contribution in [0.25, 0.3) is 5.76 Å². The topological polar surface area (TPSA) is 118 Å². The molecule has 0 aliphatic carbocycles. The fraction of sp³-hybridized carbons (Fsp3) is 0.120. The van der Waals surface area contributed by atoms with Crippen molar-refractivity contribution in [3.05, 3.63) is 83.7 Å². The lowest BCUT2D eigenvalue weighted by molar-refractivity contribution is -0.132. The number of amides is 2. The van der Waals surface area contributed by atoms with Crippen LogP contribution < -0.4 is 19.7 Å². The maximum atomic E-state index is 13.2. The highest BCUT2D eigenvalue weighted by atomic mass is 16.7. The van der Waals surface area contributed by atoms with Crippen LogP contribution in [0.2, 0.25) is 0 Å². The number of carbonyl (C=O) groups excluding carboxylic acids is 3. The van der Waals surface area contributed by atoms with Crippen LogP contribution in [0.5, 0.6) is 11.5 Å². The van der Waals surface area contributed by atoms with Crippen LogP contribution in [-0.4, -0.2) is 34.5 Å². The summed E-state index contributed by atoms with van der Waals surface area (Å²) in [4.78, 5) is 43.3. The quantitative estimate of drug-likeness (QED) is 0.350. The molecule has 1 fully saturated rings. The third kappa shape index (κ3) is 3.62. The molecule has 0 bridgehead atoms. The monoisotopic (exact) mass is 457 g/mol. The number of nitrogens with zero attached hydrogens (tertiary/aromatic N) is 2. The molecule has 0 spiro atoms. The molecule has 2 aromatic carbocycles. The van der Waals surface area contributed by atoms with Crippen molar-refractivity contribution >= 4 is 34.7 Å². The number of fused-ring (bicyclic) bond motifs is 1. The third-order valence-electron chi connectivity index (χ3n) is 5.52. The fourth-order valence-electron chi connectivity index (χ4n) is 4.02. The molecule has 9 heteroatoms. The second-order valence-corrected chi connectivity index (χ2v) is 7.72. The number of anilines is 2. The number of rotatable bonds is 4. The van der Waals surface area contributed by atoms with Crippen molar-refractivity contribution in [3.63, 3.8) is 0 Å². The summed E-state index contributed by atoms with van der Waals surface area (Å²) in [7, 11) is 0. The molecule has 170 valence electrons. The van der Waals surface area contributed by atoms with Gasteiger partial charge in [-0.25, -0.2) is 0 Å². The number of ether oxygens (including phenoxy) is 2. The summed E-state index contributed by atoms with van der Waals surface area (Å²) in [6.07, 6.45) is 1.55. The third-order valence-corrected chi connectivity index (χ3v) is 5.52. The second-order valence-electron chi connectivity index (χ2n) is 7.72. The number of Topliss-reactive ketones (excluding diaryl/α,β-unsaturated/α-hetero) is 1. The van der Waals surface area contributed by atoms with Crippen molar-refractivity contribution in [1.29, 1.82) is 0 Å². The first kappa shape index (κ1) is 21.2. The molecule has 1 unspecified atom stereocenters. The number of benzene rings is 2. The zero-order valence-electron chi connectivity index (χ0n) is 18.0. The lowest BCUT2D eigenvalue weighted by atomic mass is 9.98. The molecule has 2 aliphatic rings. The first-order valence-corrected chi connectivity index (χ1v) is 10.4. The smallest absolute Gasteiger partial charge is 0.300 e. The molecule has 3 aromatic rings. The highest BCUT2D eigenvalue weighted by molar-refractivity contribution is 6.51. The summed E-state index contributed by atoms with van der Waals surface area (Å²) in [5.41, 5.74) is 1.59. The van der Waals surface area contributed by atoms with E-state index in [-0.39, 0.29) is 24.0 Å². The summed E-state index contributed by atoms with van der Waals surface area (Å²) in [5.74, 6) is -1.25. The summed E-state index contributed by atoms with van der Waals surface area (Å²) in [5, 5.41) is 13.8. The Labute approximate surface area is 194 Å². The van der Waals surface area contributed by atoms with E-state index in [0.29, 0.717) is 34.1 Å². The number of nitrogens with one attached hydrogen (secondary N) is 1. The van der Waals surface area contributed by atoms with E-state index in [2.05, 4.69) is 10.3 Å². The van der Waals surface area contributed by atoms with Gasteiger partial charge in [-0.2, -0.15) is 0 Å².